The Morgan fingerprint density at radius 1 is 1.05 bits per heavy atom. The Bertz CT molecular complexity index is 658. The van der Waals surface area contributed by atoms with Crippen molar-refractivity contribution in [3.63, 3.8) is 0 Å². The van der Waals surface area contributed by atoms with Gasteiger partial charge < -0.3 is 5.32 Å². The summed E-state index contributed by atoms with van der Waals surface area (Å²) >= 11 is 11.3. The molecular formula is C16H16ClNS3. The highest BCUT2D eigenvalue weighted by atomic mass is 35.5. The van der Waals surface area contributed by atoms with Gasteiger partial charge in [0.05, 0.1) is 4.34 Å². The Kier molecular flexibility index (Phi) is 5.14. The number of halogens is 1. The molecule has 0 aromatic carbocycles. The molecule has 3 aromatic heterocycles. The number of hydrogen-bond acceptors (Lipinski definition) is 4. The van der Waals surface area contributed by atoms with Gasteiger partial charge in [0.25, 0.3) is 0 Å². The van der Waals surface area contributed by atoms with E-state index in [-0.39, 0.29) is 0 Å². The topological polar surface area (TPSA) is 12.0 Å². The average Bonchev–Trinajstić information content (AvgIpc) is 3.20. The van der Waals surface area contributed by atoms with Gasteiger partial charge in [-0.15, -0.1) is 34.0 Å². The van der Waals surface area contributed by atoms with Gasteiger partial charge >= 0.3 is 0 Å². The molecule has 110 valence electrons. The number of nitrogens with one attached hydrogen (secondary N) is 1. The van der Waals surface area contributed by atoms with Crippen molar-refractivity contribution in [3.8, 4) is 0 Å². The maximum absolute atomic E-state index is 6.05. The van der Waals surface area contributed by atoms with Crippen LogP contribution in [0.5, 0.6) is 0 Å². The summed E-state index contributed by atoms with van der Waals surface area (Å²) in [5, 5.41) is 8.04. The van der Waals surface area contributed by atoms with Crippen LogP contribution < -0.4 is 5.32 Å². The van der Waals surface area contributed by atoms with Gasteiger partial charge in [0.2, 0.25) is 0 Å². The molecule has 0 saturated heterocycles. The normalized spacial score (nSPS) is 14.2. The second-order valence-electron chi connectivity index (χ2n) is 4.88. The van der Waals surface area contributed by atoms with E-state index in [0.717, 1.165) is 10.8 Å². The first-order chi connectivity index (χ1) is 10.2. The van der Waals surface area contributed by atoms with Gasteiger partial charge in [0.15, 0.2) is 0 Å². The van der Waals surface area contributed by atoms with Crippen molar-refractivity contribution in [2.24, 2.45) is 0 Å². The van der Waals surface area contributed by atoms with Crippen LogP contribution in [0.3, 0.4) is 0 Å². The first-order valence-electron chi connectivity index (χ1n) is 6.79. The van der Waals surface area contributed by atoms with Gasteiger partial charge in [0, 0.05) is 33.1 Å². The van der Waals surface area contributed by atoms with Crippen molar-refractivity contribution in [1.82, 2.24) is 5.32 Å². The van der Waals surface area contributed by atoms with Crippen LogP contribution in [0, 0.1) is 0 Å². The minimum Gasteiger partial charge on any atom is -0.302 e. The van der Waals surface area contributed by atoms with Crippen LogP contribution in [0.25, 0.3) is 0 Å². The zero-order valence-electron chi connectivity index (χ0n) is 11.6. The van der Waals surface area contributed by atoms with Crippen LogP contribution in [0.1, 0.15) is 33.6 Å². The monoisotopic (exact) mass is 353 g/mol. The molecule has 2 unspecified atom stereocenters. The molecule has 21 heavy (non-hydrogen) atoms. The summed E-state index contributed by atoms with van der Waals surface area (Å²) in [6.07, 6.45) is 1.03. The molecule has 2 atom stereocenters. The predicted molar refractivity (Wildman–Crippen MR) is 96.0 cm³/mol. The lowest BCUT2D eigenvalue weighted by atomic mass is 10.1. The smallest absolute Gasteiger partial charge is 0.0931 e. The van der Waals surface area contributed by atoms with Crippen LogP contribution in [-0.4, -0.2) is 0 Å². The van der Waals surface area contributed by atoms with E-state index in [4.69, 9.17) is 11.6 Å². The summed E-state index contributed by atoms with van der Waals surface area (Å²) < 4.78 is 0.851. The van der Waals surface area contributed by atoms with Crippen molar-refractivity contribution < 1.29 is 0 Å². The van der Waals surface area contributed by atoms with E-state index in [1.54, 1.807) is 11.3 Å². The van der Waals surface area contributed by atoms with Crippen LogP contribution in [0.4, 0.5) is 0 Å². The first-order valence-corrected chi connectivity index (χ1v) is 9.75. The van der Waals surface area contributed by atoms with E-state index < -0.39 is 0 Å². The Labute approximate surface area is 142 Å². The molecule has 0 saturated carbocycles. The molecule has 1 N–H and O–H groups in total. The second kappa shape index (κ2) is 7.07. The molecule has 1 nitrogen and oxygen atoms in total. The lowest BCUT2D eigenvalue weighted by molar-refractivity contribution is 0.476. The standard InChI is InChI=1S/C16H16ClNS3/c1-11(14-6-7-16(17)21-14)18-13(15-5-3-9-20-15)10-12-4-2-8-19-12/h2-9,11,13,18H,10H2,1H3. The van der Waals surface area contributed by atoms with Crippen molar-refractivity contribution >= 4 is 45.6 Å². The molecule has 0 radical (unpaired) electrons. The Hall–Kier alpha value is -0.650. The summed E-state index contributed by atoms with van der Waals surface area (Å²) in [4.78, 5) is 4.09. The van der Waals surface area contributed by atoms with E-state index in [0.29, 0.717) is 12.1 Å². The van der Waals surface area contributed by atoms with E-state index in [9.17, 15) is 0 Å². The maximum Gasteiger partial charge on any atom is 0.0931 e. The minimum absolute atomic E-state index is 0.301. The molecule has 0 aliphatic heterocycles. The third-order valence-corrected chi connectivity index (χ3v) is 6.64. The molecule has 0 fully saturated rings. The average molecular weight is 354 g/mol. The summed E-state index contributed by atoms with van der Waals surface area (Å²) in [6, 6.07) is 13.4. The Balaban J connectivity index is 1.76. The van der Waals surface area contributed by atoms with Crippen LogP contribution in [-0.2, 0) is 6.42 Å². The molecular weight excluding hydrogens is 338 g/mol. The van der Waals surface area contributed by atoms with Crippen LogP contribution >= 0.6 is 45.6 Å². The zero-order chi connectivity index (χ0) is 14.7. The fraction of sp³-hybridized carbons (Fsp3) is 0.250. The number of rotatable bonds is 6. The quantitative estimate of drug-likeness (QED) is 0.559. The molecule has 5 heteroatoms. The number of thiophene rings is 3. The molecule has 3 heterocycles. The molecule has 0 bridgehead atoms. The van der Waals surface area contributed by atoms with Gasteiger partial charge in [-0.1, -0.05) is 23.7 Å². The highest BCUT2D eigenvalue weighted by Crippen LogP contribution is 2.31. The SMILES string of the molecule is CC(NC(Cc1cccs1)c1cccs1)c1ccc(Cl)s1. The molecule has 0 aliphatic rings. The highest BCUT2D eigenvalue weighted by molar-refractivity contribution is 7.16. The minimum atomic E-state index is 0.301. The second-order valence-corrected chi connectivity index (χ2v) is 8.64. The van der Waals surface area contributed by atoms with Gasteiger partial charge in [-0.05, 0) is 41.9 Å². The summed E-state index contributed by atoms with van der Waals surface area (Å²) in [7, 11) is 0. The first kappa shape index (κ1) is 15.3. The lowest BCUT2D eigenvalue weighted by Gasteiger charge is -2.21. The van der Waals surface area contributed by atoms with E-state index in [1.165, 1.54) is 14.6 Å². The largest absolute Gasteiger partial charge is 0.302 e. The van der Waals surface area contributed by atoms with Gasteiger partial charge in [0.1, 0.15) is 0 Å². The third kappa shape index (κ3) is 3.96. The van der Waals surface area contributed by atoms with E-state index in [2.05, 4.69) is 53.3 Å². The molecule has 0 spiro atoms. The van der Waals surface area contributed by atoms with Gasteiger partial charge in [-0.25, -0.2) is 0 Å². The fourth-order valence-corrected chi connectivity index (χ4v) is 4.92. The Morgan fingerprint density at radius 2 is 1.86 bits per heavy atom. The third-order valence-electron chi connectivity index (χ3n) is 3.34. The van der Waals surface area contributed by atoms with Gasteiger partial charge in [-0.2, -0.15) is 0 Å². The van der Waals surface area contributed by atoms with E-state index in [1.807, 2.05) is 28.7 Å². The summed E-state index contributed by atoms with van der Waals surface area (Å²) in [5.41, 5.74) is 0. The molecule has 0 aliphatic carbocycles. The highest BCUT2D eigenvalue weighted by Gasteiger charge is 2.18. The molecule has 3 rings (SSSR count). The molecule has 0 amide bonds. The zero-order valence-corrected chi connectivity index (χ0v) is 14.8. The van der Waals surface area contributed by atoms with E-state index >= 15 is 0 Å². The van der Waals surface area contributed by atoms with Crippen molar-refractivity contribution in [3.05, 3.63) is 66.1 Å². The fourth-order valence-electron chi connectivity index (χ4n) is 2.31. The van der Waals surface area contributed by atoms with Crippen LogP contribution in [0.15, 0.2) is 47.2 Å². The lowest BCUT2D eigenvalue weighted by Crippen LogP contribution is -2.25. The van der Waals surface area contributed by atoms with Crippen LogP contribution in [0.2, 0.25) is 4.34 Å². The molecule has 3 aromatic rings. The van der Waals surface area contributed by atoms with Crippen molar-refractivity contribution in [2.45, 2.75) is 25.4 Å². The maximum atomic E-state index is 6.05. The van der Waals surface area contributed by atoms with Gasteiger partial charge in [-0.3, -0.25) is 0 Å². The summed E-state index contributed by atoms with van der Waals surface area (Å²) in [6.45, 7) is 2.21. The van der Waals surface area contributed by atoms with Crippen molar-refractivity contribution in [2.75, 3.05) is 0 Å². The number of hydrogen-bond donors (Lipinski definition) is 1. The predicted octanol–water partition coefficient (Wildman–Crippen LogP) is 6.16. The Morgan fingerprint density at radius 3 is 2.48 bits per heavy atom. The summed E-state index contributed by atoms with van der Waals surface area (Å²) in [5.74, 6) is 0. The van der Waals surface area contributed by atoms with Crippen molar-refractivity contribution in [1.29, 1.82) is 0 Å².